The lowest BCUT2D eigenvalue weighted by Gasteiger charge is -2.26. The number of hydrogen-bond donors (Lipinski definition) is 1. The first kappa shape index (κ1) is 18.5. The van der Waals surface area contributed by atoms with Crippen LogP contribution in [0.2, 0.25) is 0 Å². The van der Waals surface area contributed by atoms with Gasteiger partial charge in [-0.1, -0.05) is 24.6 Å². The van der Waals surface area contributed by atoms with E-state index in [4.69, 9.17) is 4.98 Å². The normalized spacial score (nSPS) is 13.9. The molecule has 1 aliphatic rings. The van der Waals surface area contributed by atoms with E-state index in [9.17, 15) is 0 Å². The number of aryl methyl sites for hydroxylation is 2. The maximum Gasteiger partial charge on any atom is 0.161 e. The van der Waals surface area contributed by atoms with Gasteiger partial charge in [0.25, 0.3) is 0 Å². The monoisotopic (exact) mass is 399 g/mol. The van der Waals surface area contributed by atoms with Gasteiger partial charge in [-0.3, -0.25) is 9.36 Å². The lowest BCUT2D eigenvalue weighted by atomic mass is 9.85. The van der Waals surface area contributed by atoms with Crippen LogP contribution in [0.15, 0.2) is 55.2 Å². The maximum atomic E-state index is 4.92. The van der Waals surface area contributed by atoms with Crippen LogP contribution in [0.4, 0.5) is 5.82 Å². The van der Waals surface area contributed by atoms with Crippen LogP contribution in [-0.4, -0.2) is 36.1 Å². The van der Waals surface area contributed by atoms with Crippen LogP contribution < -0.4 is 5.32 Å². The fraction of sp³-hybridized carbons (Fsp3) is 0.304. The predicted molar refractivity (Wildman–Crippen MR) is 118 cm³/mol. The minimum absolute atomic E-state index is 0.712. The zero-order chi connectivity index (χ0) is 20.5. The van der Waals surface area contributed by atoms with Crippen molar-refractivity contribution in [2.75, 3.05) is 11.9 Å². The van der Waals surface area contributed by atoms with Crippen molar-refractivity contribution in [3.8, 4) is 33.6 Å². The number of nitrogens with zero attached hydrogens (tertiary/aromatic N) is 6. The van der Waals surface area contributed by atoms with Gasteiger partial charge in [0.1, 0.15) is 5.82 Å². The van der Waals surface area contributed by atoms with Gasteiger partial charge in [-0.2, -0.15) is 10.2 Å². The molecule has 0 radical (unpaired) electrons. The highest BCUT2D eigenvalue weighted by molar-refractivity contribution is 5.76. The molecule has 0 unspecified atom stereocenters. The summed E-state index contributed by atoms with van der Waals surface area (Å²) in [6.07, 6.45) is 13.6. The molecule has 7 nitrogen and oxygen atoms in total. The Morgan fingerprint density at radius 1 is 0.933 bits per heavy atom. The minimum Gasteiger partial charge on any atom is -0.369 e. The van der Waals surface area contributed by atoms with E-state index in [0.717, 1.165) is 46.1 Å². The Hall–Kier alpha value is -3.48. The molecule has 5 rings (SSSR count). The summed E-state index contributed by atoms with van der Waals surface area (Å²) in [5, 5.41) is 12.2. The molecule has 1 saturated carbocycles. The fourth-order valence-corrected chi connectivity index (χ4v) is 3.77. The standard InChI is InChI=1S/C23H25N7/c1-29-14-19(11-26-29)17-7-4-8-18(9-17)22-25-13-21(20-12-27-30(2)15-20)23(28-22)24-10-16-5-3-6-16/h4,7-9,11-16H,3,5-6,10H2,1-2H3,(H,24,25,28). The van der Waals surface area contributed by atoms with Crippen molar-refractivity contribution >= 4 is 5.82 Å². The second-order valence-corrected chi connectivity index (χ2v) is 8.02. The molecule has 30 heavy (non-hydrogen) atoms. The maximum absolute atomic E-state index is 4.92. The lowest BCUT2D eigenvalue weighted by molar-refractivity contribution is 0.333. The molecule has 3 heterocycles. The molecular formula is C23H25N7. The highest BCUT2D eigenvalue weighted by atomic mass is 15.2. The number of hydrogen-bond acceptors (Lipinski definition) is 5. The summed E-state index contributed by atoms with van der Waals surface area (Å²) in [6.45, 7) is 0.944. The molecule has 0 atom stereocenters. The molecule has 0 bridgehead atoms. The number of nitrogens with one attached hydrogen (secondary N) is 1. The smallest absolute Gasteiger partial charge is 0.161 e. The molecule has 152 valence electrons. The second-order valence-electron chi connectivity index (χ2n) is 8.02. The minimum atomic E-state index is 0.712. The van der Waals surface area contributed by atoms with E-state index < -0.39 is 0 Å². The third-order valence-electron chi connectivity index (χ3n) is 5.75. The summed E-state index contributed by atoms with van der Waals surface area (Å²) in [4.78, 5) is 9.61. The van der Waals surface area contributed by atoms with Gasteiger partial charge in [0, 0.05) is 61.5 Å². The average Bonchev–Trinajstić information content (AvgIpc) is 3.35. The van der Waals surface area contributed by atoms with E-state index >= 15 is 0 Å². The van der Waals surface area contributed by atoms with Crippen LogP contribution in [0.5, 0.6) is 0 Å². The summed E-state index contributed by atoms with van der Waals surface area (Å²) in [5.74, 6) is 2.32. The molecule has 0 spiro atoms. The Morgan fingerprint density at radius 2 is 1.67 bits per heavy atom. The fourth-order valence-electron chi connectivity index (χ4n) is 3.77. The zero-order valence-corrected chi connectivity index (χ0v) is 17.3. The van der Waals surface area contributed by atoms with Gasteiger partial charge in [-0.25, -0.2) is 9.97 Å². The third-order valence-corrected chi connectivity index (χ3v) is 5.75. The molecule has 1 aromatic carbocycles. The van der Waals surface area contributed by atoms with Gasteiger partial charge in [0.2, 0.25) is 0 Å². The van der Waals surface area contributed by atoms with Crippen molar-refractivity contribution in [1.29, 1.82) is 0 Å². The molecule has 1 aliphatic carbocycles. The van der Waals surface area contributed by atoms with Crippen molar-refractivity contribution in [1.82, 2.24) is 29.5 Å². The Morgan fingerprint density at radius 3 is 2.33 bits per heavy atom. The van der Waals surface area contributed by atoms with Crippen LogP contribution in [0, 0.1) is 5.92 Å². The topological polar surface area (TPSA) is 73.5 Å². The van der Waals surface area contributed by atoms with E-state index in [1.165, 1.54) is 19.3 Å². The van der Waals surface area contributed by atoms with Crippen molar-refractivity contribution < 1.29 is 0 Å². The molecule has 4 aromatic rings. The lowest BCUT2D eigenvalue weighted by Crippen LogP contribution is -2.21. The van der Waals surface area contributed by atoms with E-state index in [2.05, 4.69) is 38.7 Å². The Balaban J connectivity index is 1.50. The molecule has 1 fully saturated rings. The number of aromatic nitrogens is 6. The summed E-state index contributed by atoms with van der Waals surface area (Å²) in [7, 11) is 3.85. The number of rotatable bonds is 6. The van der Waals surface area contributed by atoms with Crippen LogP contribution in [0.25, 0.3) is 33.6 Å². The number of anilines is 1. The summed E-state index contributed by atoms with van der Waals surface area (Å²) < 4.78 is 3.61. The van der Waals surface area contributed by atoms with Crippen LogP contribution in [0.1, 0.15) is 19.3 Å². The molecule has 0 amide bonds. The summed E-state index contributed by atoms with van der Waals surface area (Å²) in [5.41, 5.74) is 5.17. The largest absolute Gasteiger partial charge is 0.369 e. The van der Waals surface area contributed by atoms with Gasteiger partial charge < -0.3 is 5.32 Å². The van der Waals surface area contributed by atoms with Gasteiger partial charge in [-0.05, 0) is 30.4 Å². The van der Waals surface area contributed by atoms with Crippen LogP contribution in [0.3, 0.4) is 0 Å². The van der Waals surface area contributed by atoms with E-state index in [1.807, 2.05) is 55.8 Å². The molecule has 0 aliphatic heterocycles. The first-order valence-corrected chi connectivity index (χ1v) is 10.3. The average molecular weight is 400 g/mol. The Kier molecular flexibility index (Phi) is 4.78. The molecule has 1 N–H and O–H groups in total. The SMILES string of the molecule is Cn1cc(-c2cccc(-c3ncc(-c4cnn(C)c4)c(NCC4CCC4)n3)c2)cn1. The number of benzene rings is 1. The van der Waals surface area contributed by atoms with Gasteiger partial charge in [0.05, 0.1) is 12.4 Å². The predicted octanol–water partition coefficient (Wildman–Crippen LogP) is 4.16. The quantitative estimate of drug-likeness (QED) is 0.527. The summed E-state index contributed by atoms with van der Waals surface area (Å²) >= 11 is 0. The highest BCUT2D eigenvalue weighted by Crippen LogP contribution is 2.31. The van der Waals surface area contributed by atoms with Gasteiger partial charge in [-0.15, -0.1) is 0 Å². The molecule has 0 saturated heterocycles. The zero-order valence-electron chi connectivity index (χ0n) is 17.3. The van der Waals surface area contributed by atoms with Crippen molar-refractivity contribution in [3.05, 3.63) is 55.2 Å². The van der Waals surface area contributed by atoms with E-state index in [-0.39, 0.29) is 0 Å². The molecule has 3 aromatic heterocycles. The molecular weight excluding hydrogens is 374 g/mol. The first-order chi connectivity index (χ1) is 14.7. The van der Waals surface area contributed by atoms with Crippen molar-refractivity contribution in [2.45, 2.75) is 19.3 Å². The van der Waals surface area contributed by atoms with Crippen LogP contribution >= 0.6 is 0 Å². The van der Waals surface area contributed by atoms with E-state index in [1.54, 1.807) is 4.68 Å². The Labute approximate surface area is 175 Å². The highest BCUT2D eigenvalue weighted by Gasteiger charge is 2.19. The first-order valence-electron chi connectivity index (χ1n) is 10.3. The molecule has 7 heteroatoms. The Bertz CT molecular complexity index is 1170. The van der Waals surface area contributed by atoms with Gasteiger partial charge in [0.15, 0.2) is 5.82 Å². The van der Waals surface area contributed by atoms with Crippen LogP contribution in [-0.2, 0) is 14.1 Å². The van der Waals surface area contributed by atoms with Gasteiger partial charge >= 0.3 is 0 Å². The van der Waals surface area contributed by atoms with E-state index in [0.29, 0.717) is 5.82 Å². The second kappa shape index (κ2) is 7.74. The van der Waals surface area contributed by atoms with Crippen molar-refractivity contribution in [2.24, 2.45) is 20.0 Å². The summed E-state index contributed by atoms with van der Waals surface area (Å²) in [6, 6.07) is 8.29. The van der Waals surface area contributed by atoms with Crippen molar-refractivity contribution in [3.63, 3.8) is 0 Å². The third kappa shape index (κ3) is 3.70.